The third-order valence-corrected chi connectivity index (χ3v) is 8.75. The number of phenolic OH excluding ortho intramolecular Hbond substituents is 1. The number of Topliss-reactive ketones (excluding diaryl/α,β-unsaturated/α-hetero) is 1. The SMILES string of the molecule is CO[C@]12CC3(C[C@@H]1C(C)=O)C1Cc4ccc(O)c5c4C3(CCN1C)[C@H]2O5. The monoisotopic (exact) mass is 355 g/mol. The third kappa shape index (κ3) is 1.26. The second-order valence-corrected chi connectivity index (χ2v) is 9.23. The smallest absolute Gasteiger partial charge is 0.165 e. The van der Waals surface area contributed by atoms with Crippen LogP contribution in [0.1, 0.15) is 37.3 Å². The van der Waals surface area contributed by atoms with Gasteiger partial charge in [0.15, 0.2) is 11.5 Å². The van der Waals surface area contributed by atoms with Gasteiger partial charge in [-0.05, 0) is 57.8 Å². The van der Waals surface area contributed by atoms with Crippen molar-refractivity contribution in [2.24, 2.45) is 11.3 Å². The number of ketones is 1. The van der Waals surface area contributed by atoms with Gasteiger partial charge in [-0.25, -0.2) is 0 Å². The Morgan fingerprint density at radius 2 is 2.23 bits per heavy atom. The molecular formula is C21H25NO4. The lowest BCUT2D eigenvalue weighted by atomic mass is 9.47. The Labute approximate surface area is 153 Å². The van der Waals surface area contributed by atoms with Gasteiger partial charge < -0.3 is 19.5 Å². The van der Waals surface area contributed by atoms with E-state index in [0.717, 1.165) is 32.2 Å². The number of ether oxygens (including phenoxy) is 2. The van der Waals surface area contributed by atoms with Crippen molar-refractivity contribution < 1.29 is 19.4 Å². The van der Waals surface area contributed by atoms with Crippen molar-refractivity contribution in [2.75, 3.05) is 20.7 Å². The molecule has 26 heavy (non-hydrogen) atoms. The van der Waals surface area contributed by atoms with Gasteiger partial charge in [0.25, 0.3) is 0 Å². The van der Waals surface area contributed by atoms with E-state index in [9.17, 15) is 9.90 Å². The predicted molar refractivity (Wildman–Crippen MR) is 94.5 cm³/mol. The second-order valence-electron chi connectivity index (χ2n) is 9.23. The van der Waals surface area contributed by atoms with Crippen LogP contribution in [-0.4, -0.2) is 54.2 Å². The van der Waals surface area contributed by atoms with Gasteiger partial charge in [0.2, 0.25) is 0 Å². The van der Waals surface area contributed by atoms with E-state index in [1.807, 2.05) is 0 Å². The van der Waals surface area contributed by atoms with E-state index >= 15 is 0 Å². The molecule has 5 heteroatoms. The molecule has 1 N–H and O–H groups in total. The standard InChI is InChI=1S/C21H25NO4/c1-11(23)13-9-19-10-21(13,25-3)18-20(19)6-7-22(2)15(19)8-12-4-5-14(24)17(26-18)16(12)20/h4-5,13,15,18,24H,6-10H2,1-3H3/t13-,15?,18-,19?,20?,21-/m1/s1. The number of likely N-dealkylation sites (N-methyl/N-ethyl adjacent to an activating group) is 1. The van der Waals surface area contributed by atoms with Crippen molar-refractivity contribution in [1.29, 1.82) is 0 Å². The van der Waals surface area contributed by atoms with Crippen LogP contribution in [0.3, 0.4) is 0 Å². The fourth-order valence-corrected chi connectivity index (χ4v) is 7.96. The van der Waals surface area contributed by atoms with E-state index in [2.05, 4.69) is 18.0 Å². The summed E-state index contributed by atoms with van der Waals surface area (Å²) in [6.07, 6.45) is 3.54. The molecule has 4 bridgehead atoms. The number of hydrogen-bond donors (Lipinski definition) is 1. The number of benzene rings is 1. The molecular weight excluding hydrogens is 330 g/mol. The van der Waals surface area contributed by atoms with Crippen LogP contribution < -0.4 is 4.74 Å². The summed E-state index contributed by atoms with van der Waals surface area (Å²) >= 11 is 0. The fraction of sp³-hybridized carbons (Fsp3) is 0.667. The highest BCUT2D eigenvalue weighted by atomic mass is 16.6. The van der Waals surface area contributed by atoms with Gasteiger partial charge in [0, 0.05) is 29.5 Å². The number of methoxy groups -OCH3 is 1. The van der Waals surface area contributed by atoms with Crippen LogP contribution in [0.5, 0.6) is 11.5 Å². The number of likely N-dealkylation sites (tertiary alicyclic amines) is 1. The topological polar surface area (TPSA) is 59.0 Å². The van der Waals surface area contributed by atoms with Gasteiger partial charge in [-0.1, -0.05) is 6.07 Å². The summed E-state index contributed by atoms with van der Waals surface area (Å²) in [7, 11) is 3.96. The van der Waals surface area contributed by atoms with Crippen molar-refractivity contribution in [2.45, 2.75) is 55.8 Å². The van der Waals surface area contributed by atoms with Crippen molar-refractivity contribution in [3.63, 3.8) is 0 Å². The maximum Gasteiger partial charge on any atom is 0.165 e. The normalized spacial score (nSPS) is 47.0. The Kier molecular flexibility index (Phi) is 2.55. The molecule has 2 aliphatic heterocycles. The molecule has 2 spiro atoms. The van der Waals surface area contributed by atoms with E-state index in [1.54, 1.807) is 20.1 Å². The highest BCUT2D eigenvalue weighted by molar-refractivity contribution is 5.82. The number of rotatable bonds is 2. The second kappa shape index (κ2) is 4.28. The van der Waals surface area contributed by atoms with Gasteiger partial charge in [-0.2, -0.15) is 0 Å². The van der Waals surface area contributed by atoms with E-state index < -0.39 is 5.60 Å². The average molecular weight is 355 g/mol. The van der Waals surface area contributed by atoms with Gasteiger partial charge in [-0.15, -0.1) is 0 Å². The minimum atomic E-state index is -0.581. The van der Waals surface area contributed by atoms with Crippen molar-refractivity contribution >= 4 is 5.78 Å². The number of carbonyl (C=O) groups is 1. The van der Waals surface area contributed by atoms with Gasteiger partial charge in [-0.3, -0.25) is 4.79 Å². The summed E-state index contributed by atoms with van der Waals surface area (Å²) in [6.45, 7) is 2.72. The predicted octanol–water partition coefficient (Wildman–Crippen LogP) is 2.04. The number of carbonyl (C=O) groups excluding carboxylic acids is 1. The molecule has 3 fully saturated rings. The lowest BCUT2D eigenvalue weighted by Crippen LogP contribution is -2.69. The first kappa shape index (κ1) is 15.5. The first-order chi connectivity index (χ1) is 12.4. The third-order valence-electron chi connectivity index (χ3n) is 8.75. The largest absolute Gasteiger partial charge is 0.504 e. The summed E-state index contributed by atoms with van der Waals surface area (Å²) in [5, 5.41) is 10.5. The number of aromatic hydroxyl groups is 1. The minimum absolute atomic E-state index is 0.0109. The first-order valence-electron chi connectivity index (χ1n) is 9.69. The van der Waals surface area contributed by atoms with E-state index in [1.165, 1.54) is 11.1 Å². The number of hydrogen-bond acceptors (Lipinski definition) is 5. The van der Waals surface area contributed by atoms with Crippen LogP contribution in [0.15, 0.2) is 12.1 Å². The number of piperidine rings is 1. The van der Waals surface area contributed by atoms with E-state index in [4.69, 9.17) is 9.47 Å². The molecule has 138 valence electrons. The lowest BCUT2D eigenvalue weighted by Gasteiger charge is -2.61. The van der Waals surface area contributed by atoms with Gasteiger partial charge in [0.1, 0.15) is 17.5 Å². The molecule has 0 aromatic heterocycles. The zero-order chi connectivity index (χ0) is 18.1. The van der Waals surface area contributed by atoms with Crippen molar-refractivity contribution in [3.8, 4) is 11.5 Å². The Morgan fingerprint density at radius 3 is 2.96 bits per heavy atom. The molecule has 0 radical (unpaired) electrons. The van der Waals surface area contributed by atoms with Gasteiger partial charge >= 0.3 is 0 Å². The fourth-order valence-electron chi connectivity index (χ4n) is 7.96. The molecule has 1 saturated heterocycles. The molecule has 3 aliphatic carbocycles. The highest BCUT2D eigenvalue weighted by Crippen LogP contribution is 2.79. The molecule has 5 aliphatic rings. The lowest BCUT2D eigenvalue weighted by molar-refractivity contribution is -0.157. The summed E-state index contributed by atoms with van der Waals surface area (Å²) in [5.74, 6) is 0.960. The number of nitrogens with zero attached hydrogens (tertiary/aromatic N) is 1. The van der Waals surface area contributed by atoms with Crippen LogP contribution in [0, 0.1) is 11.3 Å². The van der Waals surface area contributed by atoms with E-state index in [0.29, 0.717) is 11.8 Å². The van der Waals surface area contributed by atoms with Crippen LogP contribution in [0.4, 0.5) is 0 Å². The zero-order valence-corrected chi connectivity index (χ0v) is 15.5. The summed E-state index contributed by atoms with van der Waals surface area (Å²) in [6, 6.07) is 4.24. The summed E-state index contributed by atoms with van der Waals surface area (Å²) < 4.78 is 12.7. The Balaban J connectivity index is 1.70. The molecule has 0 amide bonds. The molecule has 1 aromatic rings. The number of phenols is 1. The van der Waals surface area contributed by atoms with Crippen LogP contribution >= 0.6 is 0 Å². The average Bonchev–Trinajstić information content (AvgIpc) is 3.22. The van der Waals surface area contributed by atoms with Crippen LogP contribution in [0.2, 0.25) is 0 Å². The first-order valence-corrected chi connectivity index (χ1v) is 9.69. The highest BCUT2D eigenvalue weighted by Gasteiger charge is 2.85. The number of fused-ring (bicyclic) bond motifs is 2. The molecule has 3 unspecified atom stereocenters. The molecule has 2 heterocycles. The van der Waals surface area contributed by atoms with Crippen molar-refractivity contribution in [1.82, 2.24) is 4.90 Å². The van der Waals surface area contributed by atoms with Crippen molar-refractivity contribution in [3.05, 3.63) is 23.3 Å². The Morgan fingerprint density at radius 1 is 1.42 bits per heavy atom. The summed E-state index contributed by atoms with van der Waals surface area (Å²) in [4.78, 5) is 15.1. The quantitative estimate of drug-likeness (QED) is 0.880. The maximum atomic E-state index is 12.6. The van der Waals surface area contributed by atoms with Crippen LogP contribution in [-0.2, 0) is 21.4 Å². The molecule has 1 aromatic carbocycles. The van der Waals surface area contributed by atoms with Crippen LogP contribution in [0.25, 0.3) is 0 Å². The molecule has 6 atom stereocenters. The maximum absolute atomic E-state index is 12.6. The zero-order valence-electron chi connectivity index (χ0n) is 15.5. The minimum Gasteiger partial charge on any atom is -0.504 e. The van der Waals surface area contributed by atoms with E-state index in [-0.39, 0.29) is 34.4 Å². The molecule has 5 nitrogen and oxygen atoms in total. The Bertz CT molecular complexity index is 868. The Hall–Kier alpha value is -1.59. The molecule has 6 rings (SSSR count). The molecule has 2 saturated carbocycles. The summed E-state index contributed by atoms with van der Waals surface area (Å²) in [5.41, 5.74) is 1.81. The van der Waals surface area contributed by atoms with Gasteiger partial charge in [0.05, 0.1) is 5.92 Å².